The Morgan fingerprint density at radius 3 is 2.95 bits per heavy atom. The highest BCUT2D eigenvalue weighted by Gasteiger charge is 2.35. The van der Waals surface area contributed by atoms with E-state index in [0.717, 1.165) is 12.1 Å². The molecule has 0 saturated carbocycles. The lowest BCUT2D eigenvalue weighted by molar-refractivity contribution is -0.126. The summed E-state index contributed by atoms with van der Waals surface area (Å²) in [7, 11) is 1.80. The molecule has 1 N–H and O–H groups in total. The summed E-state index contributed by atoms with van der Waals surface area (Å²) in [5.74, 6) is -0.312. The molecule has 2 heterocycles. The van der Waals surface area contributed by atoms with E-state index in [0.29, 0.717) is 6.54 Å². The summed E-state index contributed by atoms with van der Waals surface area (Å²) in [6, 6.07) is 0.148. The van der Waals surface area contributed by atoms with Crippen molar-refractivity contribution in [3.63, 3.8) is 0 Å². The van der Waals surface area contributed by atoms with Gasteiger partial charge in [-0.2, -0.15) is 5.10 Å². The molecule has 0 aromatic carbocycles. The summed E-state index contributed by atoms with van der Waals surface area (Å²) in [4.78, 5) is 25.6. The van der Waals surface area contributed by atoms with E-state index in [1.165, 1.54) is 0 Å². The van der Waals surface area contributed by atoms with Crippen molar-refractivity contribution < 1.29 is 9.59 Å². The number of nitrogens with one attached hydrogen (secondary N) is 1. The summed E-state index contributed by atoms with van der Waals surface area (Å²) in [6.07, 6.45) is 4.59. The summed E-state index contributed by atoms with van der Waals surface area (Å²) >= 11 is 0. The van der Waals surface area contributed by atoms with Gasteiger partial charge in [-0.3, -0.25) is 14.3 Å². The van der Waals surface area contributed by atoms with Crippen LogP contribution < -0.4 is 10.2 Å². The zero-order chi connectivity index (χ0) is 14.0. The van der Waals surface area contributed by atoms with Crippen LogP contribution in [0.3, 0.4) is 0 Å². The molecule has 0 bridgehead atoms. The second kappa shape index (κ2) is 5.42. The molecule has 2 rings (SSSR count). The second-order valence-electron chi connectivity index (χ2n) is 5.10. The molecule has 1 fully saturated rings. The van der Waals surface area contributed by atoms with Crippen molar-refractivity contribution in [2.45, 2.75) is 32.7 Å². The fraction of sp³-hybridized carbons (Fsp3) is 0.615. The number of hydrogen-bond donors (Lipinski definition) is 1. The third-order valence-corrected chi connectivity index (χ3v) is 3.50. The van der Waals surface area contributed by atoms with Gasteiger partial charge < -0.3 is 10.2 Å². The minimum Gasteiger partial charge on any atom is -0.353 e. The third-order valence-electron chi connectivity index (χ3n) is 3.50. The number of aromatic nitrogens is 2. The van der Waals surface area contributed by atoms with Crippen LogP contribution in [0.4, 0.5) is 5.69 Å². The zero-order valence-corrected chi connectivity index (χ0v) is 11.6. The van der Waals surface area contributed by atoms with Crippen molar-refractivity contribution in [1.29, 1.82) is 0 Å². The van der Waals surface area contributed by atoms with Gasteiger partial charge >= 0.3 is 0 Å². The summed E-state index contributed by atoms with van der Waals surface area (Å²) < 4.78 is 1.65. The molecule has 0 radical (unpaired) electrons. The van der Waals surface area contributed by atoms with Gasteiger partial charge in [-0.1, -0.05) is 6.92 Å². The molecule has 2 amide bonds. The van der Waals surface area contributed by atoms with Gasteiger partial charge in [0.25, 0.3) is 0 Å². The molecule has 0 spiro atoms. The van der Waals surface area contributed by atoms with Crippen molar-refractivity contribution in [1.82, 2.24) is 15.1 Å². The number of amides is 2. The molecule has 6 heteroatoms. The maximum atomic E-state index is 12.0. The maximum absolute atomic E-state index is 12.0. The van der Waals surface area contributed by atoms with Crippen LogP contribution in [0, 0.1) is 5.92 Å². The molecule has 19 heavy (non-hydrogen) atoms. The Balaban J connectivity index is 2.01. The van der Waals surface area contributed by atoms with Crippen LogP contribution in [0.1, 0.15) is 26.7 Å². The van der Waals surface area contributed by atoms with E-state index in [9.17, 15) is 9.59 Å². The van der Waals surface area contributed by atoms with E-state index in [-0.39, 0.29) is 30.2 Å². The van der Waals surface area contributed by atoms with Gasteiger partial charge in [0.2, 0.25) is 11.8 Å². The zero-order valence-electron chi connectivity index (χ0n) is 11.6. The van der Waals surface area contributed by atoms with Crippen molar-refractivity contribution in [3.8, 4) is 0 Å². The minimum atomic E-state index is -0.262. The van der Waals surface area contributed by atoms with Crippen LogP contribution in [0.25, 0.3) is 0 Å². The highest BCUT2D eigenvalue weighted by molar-refractivity contribution is 6.00. The summed E-state index contributed by atoms with van der Waals surface area (Å²) in [6.45, 7) is 4.42. The predicted molar refractivity (Wildman–Crippen MR) is 71.6 cm³/mol. The molecule has 6 nitrogen and oxygen atoms in total. The van der Waals surface area contributed by atoms with Gasteiger partial charge in [0.15, 0.2) is 0 Å². The lowest BCUT2D eigenvalue weighted by atomic mass is 10.1. The van der Waals surface area contributed by atoms with Crippen LogP contribution in [0.2, 0.25) is 0 Å². The Labute approximate surface area is 112 Å². The Kier molecular flexibility index (Phi) is 3.87. The first-order valence-electron chi connectivity index (χ1n) is 6.60. The van der Waals surface area contributed by atoms with E-state index in [1.807, 2.05) is 13.8 Å². The first-order valence-corrected chi connectivity index (χ1v) is 6.60. The fourth-order valence-electron chi connectivity index (χ4n) is 2.14. The highest BCUT2D eigenvalue weighted by atomic mass is 16.2. The Morgan fingerprint density at radius 2 is 2.37 bits per heavy atom. The van der Waals surface area contributed by atoms with Crippen LogP contribution in [-0.4, -0.2) is 34.2 Å². The van der Waals surface area contributed by atoms with Crippen molar-refractivity contribution >= 4 is 17.5 Å². The highest BCUT2D eigenvalue weighted by Crippen LogP contribution is 2.24. The summed E-state index contributed by atoms with van der Waals surface area (Å²) in [5.41, 5.74) is 0.756. The lowest BCUT2D eigenvalue weighted by Gasteiger charge is -2.16. The molecule has 1 aliphatic rings. The predicted octanol–water partition coefficient (Wildman–Crippen LogP) is 0.688. The number of hydrogen-bond acceptors (Lipinski definition) is 3. The monoisotopic (exact) mass is 264 g/mol. The molecule has 0 aliphatic carbocycles. The number of nitrogens with zero attached hydrogens (tertiary/aromatic N) is 3. The molecule has 0 unspecified atom stereocenters. The first kappa shape index (κ1) is 13.6. The van der Waals surface area contributed by atoms with E-state index < -0.39 is 0 Å². The average molecular weight is 264 g/mol. The molecular weight excluding hydrogens is 244 g/mol. The Bertz CT molecular complexity index is 483. The minimum absolute atomic E-state index is 0.0164. The van der Waals surface area contributed by atoms with Crippen molar-refractivity contribution in [2.24, 2.45) is 13.0 Å². The van der Waals surface area contributed by atoms with E-state index in [1.54, 1.807) is 29.0 Å². The van der Waals surface area contributed by atoms with Gasteiger partial charge in [0.1, 0.15) is 0 Å². The summed E-state index contributed by atoms with van der Waals surface area (Å²) in [5, 5.41) is 6.98. The quantitative estimate of drug-likeness (QED) is 0.870. The smallest absolute Gasteiger partial charge is 0.227 e. The third kappa shape index (κ3) is 2.94. The average Bonchev–Trinajstić information content (AvgIpc) is 2.95. The molecular formula is C13H20N4O2. The largest absolute Gasteiger partial charge is 0.353 e. The van der Waals surface area contributed by atoms with Crippen LogP contribution in [0.15, 0.2) is 12.4 Å². The SMILES string of the molecule is CC[C@H](C)NC(=O)[C@@H]1CC(=O)N(c2cnn(C)c2)C1. The van der Waals surface area contributed by atoms with Crippen LogP contribution in [-0.2, 0) is 16.6 Å². The number of anilines is 1. The fourth-order valence-corrected chi connectivity index (χ4v) is 2.14. The lowest BCUT2D eigenvalue weighted by Crippen LogP contribution is -2.38. The molecule has 1 aromatic heterocycles. The molecule has 104 valence electrons. The number of rotatable bonds is 4. The number of aryl methyl sites for hydroxylation is 1. The Hall–Kier alpha value is -1.85. The van der Waals surface area contributed by atoms with Crippen LogP contribution in [0.5, 0.6) is 0 Å². The standard InChI is InChI=1S/C13H20N4O2/c1-4-9(2)15-13(19)10-5-12(18)17(7-10)11-6-14-16(3)8-11/h6,8-10H,4-5,7H2,1-3H3,(H,15,19)/t9-,10+/m0/s1. The Morgan fingerprint density at radius 1 is 1.63 bits per heavy atom. The molecule has 1 saturated heterocycles. The topological polar surface area (TPSA) is 67.2 Å². The van der Waals surface area contributed by atoms with Gasteiger partial charge in [-0.05, 0) is 13.3 Å². The van der Waals surface area contributed by atoms with E-state index in [2.05, 4.69) is 10.4 Å². The van der Waals surface area contributed by atoms with E-state index >= 15 is 0 Å². The van der Waals surface area contributed by atoms with Gasteiger partial charge in [-0.25, -0.2) is 0 Å². The first-order chi connectivity index (χ1) is 9.01. The van der Waals surface area contributed by atoms with Crippen LogP contribution >= 0.6 is 0 Å². The van der Waals surface area contributed by atoms with Crippen molar-refractivity contribution in [3.05, 3.63) is 12.4 Å². The number of carbonyl (C=O) groups excluding carboxylic acids is 2. The number of carbonyl (C=O) groups is 2. The maximum Gasteiger partial charge on any atom is 0.227 e. The van der Waals surface area contributed by atoms with E-state index in [4.69, 9.17) is 0 Å². The normalized spacial score (nSPS) is 20.7. The van der Waals surface area contributed by atoms with Crippen molar-refractivity contribution in [2.75, 3.05) is 11.4 Å². The van der Waals surface area contributed by atoms with Gasteiger partial charge in [0, 0.05) is 32.3 Å². The van der Waals surface area contributed by atoms with Gasteiger partial charge in [-0.15, -0.1) is 0 Å². The second-order valence-corrected chi connectivity index (χ2v) is 5.10. The molecule has 1 aromatic rings. The molecule has 2 atom stereocenters. The van der Waals surface area contributed by atoms with Gasteiger partial charge in [0.05, 0.1) is 17.8 Å². The molecule has 1 aliphatic heterocycles.